The van der Waals surface area contributed by atoms with Crippen LogP contribution in [0.3, 0.4) is 0 Å². The van der Waals surface area contributed by atoms with Gasteiger partial charge in [-0.3, -0.25) is 4.90 Å². The minimum atomic E-state index is 0.161. The van der Waals surface area contributed by atoms with Gasteiger partial charge in [0.2, 0.25) is 0 Å². The summed E-state index contributed by atoms with van der Waals surface area (Å²) < 4.78 is 0. The molecule has 0 bridgehead atoms. The van der Waals surface area contributed by atoms with Gasteiger partial charge < -0.3 is 10.8 Å². The largest absolute Gasteiger partial charge is 0.395 e. The zero-order valence-electron chi connectivity index (χ0n) is 9.85. The lowest BCUT2D eigenvalue weighted by Crippen LogP contribution is -2.37. The number of hydrogen-bond acceptors (Lipinski definition) is 3. The minimum Gasteiger partial charge on any atom is -0.395 e. The second-order valence-electron chi connectivity index (χ2n) is 4.50. The SMILES string of the molecule is NCC(c1cccc(Cl)c1)N(CCO)C1CC1. The lowest BCUT2D eigenvalue weighted by Gasteiger charge is -2.30. The van der Waals surface area contributed by atoms with Crippen LogP contribution in [0.4, 0.5) is 0 Å². The highest BCUT2D eigenvalue weighted by Gasteiger charge is 2.33. The highest BCUT2D eigenvalue weighted by atomic mass is 35.5. The van der Waals surface area contributed by atoms with Gasteiger partial charge in [-0.05, 0) is 30.5 Å². The van der Waals surface area contributed by atoms with E-state index in [0.29, 0.717) is 19.1 Å². The molecule has 1 saturated carbocycles. The van der Waals surface area contributed by atoms with Crippen molar-refractivity contribution >= 4 is 11.6 Å². The Hall–Kier alpha value is -0.610. The van der Waals surface area contributed by atoms with Gasteiger partial charge in [0.1, 0.15) is 0 Å². The molecule has 1 unspecified atom stereocenters. The summed E-state index contributed by atoms with van der Waals surface area (Å²) in [5.74, 6) is 0. The molecule has 1 fully saturated rings. The van der Waals surface area contributed by atoms with Crippen LogP contribution in [-0.2, 0) is 0 Å². The minimum absolute atomic E-state index is 0.161. The Balaban J connectivity index is 2.18. The molecule has 1 aromatic rings. The third-order valence-corrected chi connectivity index (χ3v) is 3.47. The summed E-state index contributed by atoms with van der Waals surface area (Å²) in [5, 5.41) is 9.89. The zero-order valence-corrected chi connectivity index (χ0v) is 10.6. The second-order valence-corrected chi connectivity index (χ2v) is 4.94. The van der Waals surface area contributed by atoms with Crippen molar-refractivity contribution < 1.29 is 5.11 Å². The van der Waals surface area contributed by atoms with Gasteiger partial charge in [0, 0.05) is 30.2 Å². The molecule has 0 radical (unpaired) electrons. The summed E-state index contributed by atoms with van der Waals surface area (Å²) in [6.45, 7) is 1.41. The van der Waals surface area contributed by atoms with Crippen LogP contribution in [0.5, 0.6) is 0 Å². The Morgan fingerprint density at radius 3 is 2.76 bits per heavy atom. The lowest BCUT2D eigenvalue weighted by molar-refractivity contribution is 0.145. The first-order valence-corrected chi connectivity index (χ1v) is 6.46. The Labute approximate surface area is 107 Å². The molecule has 17 heavy (non-hydrogen) atoms. The molecule has 1 aromatic carbocycles. The van der Waals surface area contributed by atoms with Crippen LogP contribution in [0.1, 0.15) is 24.4 Å². The molecule has 3 N–H and O–H groups in total. The molecule has 4 heteroatoms. The number of hydrogen-bond donors (Lipinski definition) is 2. The van der Waals surface area contributed by atoms with E-state index in [4.69, 9.17) is 22.4 Å². The van der Waals surface area contributed by atoms with Crippen molar-refractivity contribution in [2.45, 2.75) is 24.9 Å². The number of aliphatic hydroxyl groups is 1. The lowest BCUT2D eigenvalue weighted by atomic mass is 10.1. The van der Waals surface area contributed by atoms with E-state index in [-0.39, 0.29) is 12.6 Å². The fourth-order valence-electron chi connectivity index (χ4n) is 2.29. The van der Waals surface area contributed by atoms with E-state index in [2.05, 4.69) is 11.0 Å². The van der Waals surface area contributed by atoms with Crippen LogP contribution in [0.15, 0.2) is 24.3 Å². The number of nitrogens with two attached hydrogens (primary N) is 1. The topological polar surface area (TPSA) is 49.5 Å². The van der Waals surface area contributed by atoms with E-state index < -0.39 is 0 Å². The van der Waals surface area contributed by atoms with Crippen LogP contribution < -0.4 is 5.73 Å². The highest BCUT2D eigenvalue weighted by molar-refractivity contribution is 6.30. The van der Waals surface area contributed by atoms with E-state index >= 15 is 0 Å². The van der Waals surface area contributed by atoms with Crippen molar-refractivity contribution in [3.05, 3.63) is 34.9 Å². The molecule has 0 saturated heterocycles. The first kappa shape index (κ1) is 12.8. The number of halogens is 1. The quantitative estimate of drug-likeness (QED) is 0.814. The molecule has 0 aromatic heterocycles. The first-order chi connectivity index (χ1) is 8.26. The van der Waals surface area contributed by atoms with Crippen molar-refractivity contribution in [1.82, 2.24) is 4.90 Å². The first-order valence-electron chi connectivity index (χ1n) is 6.08. The number of aliphatic hydroxyl groups excluding tert-OH is 1. The van der Waals surface area contributed by atoms with E-state index in [1.807, 2.05) is 18.2 Å². The van der Waals surface area contributed by atoms with E-state index in [9.17, 15) is 0 Å². The number of benzene rings is 1. The predicted octanol–water partition coefficient (Wildman–Crippen LogP) is 1.80. The standard InChI is InChI=1S/C13H19ClN2O/c14-11-3-1-2-10(8-11)13(9-15)16(6-7-17)12-4-5-12/h1-3,8,12-13,17H,4-7,9,15H2. The third-order valence-electron chi connectivity index (χ3n) is 3.23. The Bertz CT molecular complexity index is 368. The molecular formula is C13H19ClN2O. The van der Waals surface area contributed by atoms with Crippen molar-refractivity contribution in [1.29, 1.82) is 0 Å². The van der Waals surface area contributed by atoms with Crippen LogP contribution in [0, 0.1) is 0 Å². The van der Waals surface area contributed by atoms with Crippen molar-refractivity contribution in [2.24, 2.45) is 5.73 Å². The summed E-state index contributed by atoms with van der Waals surface area (Å²) in [6, 6.07) is 8.57. The summed E-state index contributed by atoms with van der Waals surface area (Å²) in [6.07, 6.45) is 2.41. The molecule has 0 heterocycles. The summed E-state index contributed by atoms with van der Waals surface area (Å²) in [4.78, 5) is 2.30. The molecule has 0 amide bonds. The van der Waals surface area contributed by atoms with Crippen molar-refractivity contribution in [2.75, 3.05) is 19.7 Å². The Kier molecular flexibility index (Phi) is 4.40. The van der Waals surface area contributed by atoms with E-state index in [0.717, 1.165) is 10.6 Å². The summed E-state index contributed by atoms with van der Waals surface area (Å²) in [7, 11) is 0. The average Bonchev–Trinajstić information content (AvgIpc) is 3.13. The molecule has 94 valence electrons. The average molecular weight is 255 g/mol. The molecule has 2 rings (SSSR count). The molecule has 3 nitrogen and oxygen atoms in total. The highest BCUT2D eigenvalue weighted by Crippen LogP contribution is 2.34. The van der Waals surface area contributed by atoms with Gasteiger partial charge in [0.25, 0.3) is 0 Å². The smallest absolute Gasteiger partial charge is 0.0558 e. The van der Waals surface area contributed by atoms with E-state index in [1.54, 1.807) is 0 Å². The zero-order chi connectivity index (χ0) is 12.3. The monoisotopic (exact) mass is 254 g/mol. The Morgan fingerprint density at radius 2 is 2.24 bits per heavy atom. The molecule has 1 aliphatic rings. The van der Waals surface area contributed by atoms with Gasteiger partial charge in [-0.25, -0.2) is 0 Å². The maximum Gasteiger partial charge on any atom is 0.0558 e. The van der Waals surface area contributed by atoms with Gasteiger partial charge in [-0.15, -0.1) is 0 Å². The van der Waals surface area contributed by atoms with Gasteiger partial charge in [0.15, 0.2) is 0 Å². The second kappa shape index (κ2) is 5.83. The third kappa shape index (κ3) is 3.19. The maximum absolute atomic E-state index is 9.15. The van der Waals surface area contributed by atoms with E-state index in [1.165, 1.54) is 12.8 Å². The molecule has 1 atom stereocenters. The van der Waals surface area contributed by atoms with Gasteiger partial charge >= 0.3 is 0 Å². The summed E-state index contributed by atoms with van der Waals surface area (Å²) in [5.41, 5.74) is 7.02. The van der Waals surface area contributed by atoms with Gasteiger partial charge in [0.05, 0.1) is 6.61 Å². The van der Waals surface area contributed by atoms with Crippen LogP contribution in [0.25, 0.3) is 0 Å². The Morgan fingerprint density at radius 1 is 1.47 bits per heavy atom. The van der Waals surface area contributed by atoms with Gasteiger partial charge in [-0.1, -0.05) is 23.7 Å². The van der Waals surface area contributed by atoms with Gasteiger partial charge in [-0.2, -0.15) is 0 Å². The molecular weight excluding hydrogens is 236 g/mol. The maximum atomic E-state index is 9.15. The van der Waals surface area contributed by atoms with Crippen LogP contribution in [-0.4, -0.2) is 35.7 Å². The van der Waals surface area contributed by atoms with Crippen LogP contribution >= 0.6 is 11.6 Å². The summed E-state index contributed by atoms with van der Waals surface area (Å²) >= 11 is 6.01. The van der Waals surface area contributed by atoms with Crippen molar-refractivity contribution in [3.63, 3.8) is 0 Å². The fraction of sp³-hybridized carbons (Fsp3) is 0.538. The molecule has 1 aliphatic carbocycles. The molecule has 0 aliphatic heterocycles. The fourth-order valence-corrected chi connectivity index (χ4v) is 2.49. The van der Waals surface area contributed by atoms with Crippen LogP contribution in [0.2, 0.25) is 5.02 Å². The number of nitrogens with zero attached hydrogens (tertiary/aromatic N) is 1. The number of rotatable bonds is 6. The van der Waals surface area contributed by atoms with Crippen molar-refractivity contribution in [3.8, 4) is 0 Å². The normalized spacial score (nSPS) is 17.4. The predicted molar refractivity (Wildman–Crippen MR) is 70.1 cm³/mol. The molecule has 0 spiro atoms.